The quantitative estimate of drug-likeness (QED) is 0.819. The zero-order valence-electron chi connectivity index (χ0n) is 15.9. The summed E-state index contributed by atoms with van der Waals surface area (Å²) in [6.07, 6.45) is 3.59. The van der Waals surface area contributed by atoms with E-state index in [4.69, 9.17) is 4.74 Å². The monoisotopic (exact) mass is 358 g/mol. The number of rotatable bonds is 7. The number of aryl methyl sites for hydroxylation is 1. The van der Waals surface area contributed by atoms with Crippen molar-refractivity contribution < 1.29 is 14.3 Å². The summed E-state index contributed by atoms with van der Waals surface area (Å²) in [5.74, 6) is 0.218. The molecule has 2 aromatic rings. The van der Waals surface area contributed by atoms with E-state index in [9.17, 15) is 9.59 Å². The van der Waals surface area contributed by atoms with Gasteiger partial charge >= 0.3 is 0 Å². The van der Waals surface area contributed by atoms with Gasteiger partial charge in [-0.2, -0.15) is 5.10 Å². The van der Waals surface area contributed by atoms with E-state index in [-0.39, 0.29) is 17.7 Å². The zero-order valence-corrected chi connectivity index (χ0v) is 15.9. The minimum absolute atomic E-state index is 0.0407. The first-order valence-electron chi connectivity index (χ1n) is 8.49. The molecule has 2 rings (SSSR count). The molecule has 0 radical (unpaired) electrons. The highest BCUT2D eigenvalue weighted by Gasteiger charge is 2.27. The van der Waals surface area contributed by atoms with Crippen LogP contribution in [-0.2, 0) is 18.4 Å². The molecule has 7 nitrogen and oxygen atoms in total. The predicted molar refractivity (Wildman–Crippen MR) is 98.8 cm³/mol. The molecular formula is C19H26N4O3. The molecule has 1 atom stereocenters. The molecule has 0 aliphatic heterocycles. The maximum Gasteiger partial charge on any atom is 0.251 e. The minimum Gasteiger partial charge on any atom is -0.497 e. The second-order valence-corrected chi connectivity index (χ2v) is 6.64. The number of nitrogens with one attached hydrogen (secondary N) is 1. The fraction of sp³-hybridized carbons (Fsp3) is 0.421. The summed E-state index contributed by atoms with van der Waals surface area (Å²) in [5, 5.41) is 6.96. The third kappa shape index (κ3) is 4.84. The van der Waals surface area contributed by atoms with Gasteiger partial charge in [0.05, 0.1) is 13.3 Å². The zero-order chi connectivity index (χ0) is 19.3. The van der Waals surface area contributed by atoms with Crippen LogP contribution in [0, 0.1) is 5.92 Å². The summed E-state index contributed by atoms with van der Waals surface area (Å²) in [7, 11) is 5.13. The molecule has 0 spiro atoms. The van der Waals surface area contributed by atoms with Crippen LogP contribution >= 0.6 is 0 Å². The normalized spacial score (nSPS) is 11.9. The van der Waals surface area contributed by atoms with Crippen LogP contribution in [0.1, 0.15) is 29.8 Å². The average Bonchev–Trinajstić information content (AvgIpc) is 3.03. The summed E-state index contributed by atoms with van der Waals surface area (Å²) in [6.45, 7) is 4.26. The number of carbonyl (C=O) groups excluding carboxylic acids is 2. The van der Waals surface area contributed by atoms with Crippen molar-refractivity contribution in [1.82, 2.24) is 20.0 Å². The van der Waals surface area contributed by atoms with Gasteiger partial charge in [0, 0.05) is 38.0 Å². The number of hydrogen-bond donors (Lipinski definition) is 1. The number of benzene rings is 1. The SMILES string of the molecule is COc1ccc(C(=O)NC(C(=O)N(C)Cc2cnn(C)c2)C(C)C)cc1. The van der Waals surface area contributed by atoms with E-state index in [0.29, 0.717) is 17.9 Å². The number of hydrogen-bond acceptors (Lipinski definition) is 4. The fourth-order valence-corrected chi connectivity index (χ4v) is 2.62. The number of aromatic nitrogens is 2. The second-order valence-electron chi connectivity index (χ2n) is 6.64. The molecule has 7 heteroatoms. The van der Waals surface area contributed by atoms with Gasteiger partial charge in [0.2, 0.25) is 5.91 Å². The van der Waals surface area contributed by atoms with Crippen molar-refractivity contribution in [3.05, 3.63) is 47.8 Å². The summed E-state index contributed by atoms with van der Waals surface area (Å²) < 4.78 is 6.79. The smallest absolute Gasteiger partial charge is 0.251 e. The second kappa shape index (κ2) is 8.51. The topological polar surface area (TPSA) is 76.5 Å². The van der Waals surface area contributed by atoms with E-state index in [1.807, 2.05) is 27.1 Å². The van der Waals surface area contributed by atoms with Gasteiger partial charge < -0.3 is 15.0 Å². The number of nitrogens with zero attached hydrogens (tertiary/aromatic N) is 3. The first-order valence-corrected chi connectivity index (χ1v) is 8.49. The molecule has 0 saturated heterocycles. The van der Waals surface area contributed by atoms with Crippen molar-refractivity contribution in [2.24, 2.45) is 13.0 Å². The minimum atomic E-state index is -0.605. The Kier molecular flexibility index (Phi) is 6.38. The highest BCUT2D eigenvalue weighted by atomic mass is 16.5. The van der Waals surface area contributed by atoms with E-state index in [0.717, 1.165) is 5.56 Å². The largest absolute Gasteiger partial charge is 0.497 e. The highest BCUT2D eigenvalue weighted by molar-refractivity contribution is 5.97. The highest BCUT2D eigenvalue weighted by Crippen LogP contribution is 2.13. The molecule has 0 aliphatic rings. The van der Waals surface area contributed by atoms with E-state index < -0.39 is 6.04 Å². The summed E-state index contributed by atoms with van der Waals surface area (Å²) >= 11 is 0. The van der Waals surface area contributed by atoms with Crippen LogP contribution in [-0.4, -0.2) is 46.7 Å². The fourth-order valence-electron chi connectivity index (χ4n) is 2.62. The molecule has 1 aromatic heterocycles. The van der Waals surface area contributed by atoms with E-state index >= 15 is 0 Å². The molecule has 0 fully saturated rings. The van der Waals surface area contributed by atoms with Gasteiger partial charge in [0.1, 0.15) is 11.8 Å². The number of carbonyl (C=O) groups is 2. The molecule has 1 aromatic carbocycles. The molecule has 0 bridgehead atoms. The lowest BCUT2D eigenvalue weighted by Gasteiger charge is -2.27. The summed E-state index contributed by atoms with van der Waals surface area (Å²) in [4.78, 5) is 26.9. The molecule has 140 valence electrons. The van der Waals surface area contributed by atoms with Gasteiger partial charge in [-0.05, 0) is 30.2 Å². The third-order valence-electron chi connectivity index (χ3n) is 4.13. The van der Waals surface area contributed by atoms with Crippen LogP contribution < -0.4 is 10.1 Å². The maximum absolute atomic E-state index is 12.8. The lowest BCUT2D eigenvalue weighted by Crippen LogP contribution is -2.50. The van der Waals surface area contributed by atoms with Crippen molar-refractivity contribution in [1.29, 1.82) is 0 Å². The van der Waals surface area contributed by atoms with Crippen LogP contribution in [0.5, 0.6) is 5.75 Å². The van der Waals surface area contributed by atoms with Crippen molar-refractivity contribution in [3.8, 4) is 5.75 Å². The van der Waals surface area contributed by atoms with Crippen LogP contribution in [0.3, 0.4) is 0 Å². The number of ether oxygens (including phenoxy) is 1. The van der Waals surface area contributed by atoms with E-state index in [2.05, 4.69) is 10.4 Å². The van der Waals surface area contributed by atoms with Crippen LogP contribution in [0.15, 0.2) is 36.7 Å². The molecule has 0 aliphatic carbocycles. The van der Waals surface area contributed by atoms with Gasteiger partial charge in [0.25, 0.3) is 5.91 Å². The Balaban J connectivity index is 2.06. The van der Waals surface area contributed by atoms with Gasteiger partial charge in [-0.25, -0.2) is 0 Å². The first-order chi connectivity index (χ1) is 12.3. The van der Waals surface area contributed by atoms with Gasteiger partial charge in [0.15, 0.2) is 0 Å². The van der Waals surface area contributed by atoms with Gasteiger partial charge in [-0.1, -0.05) is 13.8 Å². The van der Waals surface area contributed by atoms with Gasteiger partial charge in [-0.3, -0.25) is 14.3 Å². The lowest BCUT2D eigenvalue weighted by atomic mass is 10.0. The predicted octanol–water partition coefficient (Wildman–Crippen LogP) is 1.84. The van der Waals surface area contributed by atoms with Crippen LogP contribution in [0.2, 0.25) is 0 Å². The van der Waals surface area contributed by atoms with E-state index in [1.165, 1.54) is 0 Å². The Morgan fingerprint density at radius 1 is 1.27 bits per heavy atom. The van der Waals surface area contributed by atoms with Crippen molar-refractivity contribution in [3.63, 3.8) is 0 Å². The lowest BCUT2D eigenvalue weighted by molar-refractivity contribution is -0.133. The molecule has 1 N–H and O–H groups in total. The number of methoxy groups -OCH3 is 1. The van der Waals surface area contributed by atoms with Crippen LogP contribution in [0.4, 0.5) is 0 Å². The van der Waals surface area contributed by atoms with Crippen LogP contribution in [0.25, 0.3) is 0 Å². The van der Waals surface area contributed by atoms with E-state index in [1.54, 1.807) is 54.2 Å². The third-order valence-corrected chi connectivity index (χ3v) is 4.13. The standard InChI is InChI=1S/C19H26N4O3/c1-13(2)17(19(25)22(3)11-14-10-20-23(4)12-14)21-18(24)15-6-8-16(26-5)9-7-15/h6-10,12-13,17H,11H2,1-5H3,(H,21,24). The Hall–Kier alpha value is -2.83. The first kappa shape index (κ1) is 19.5. The maximum atomic E-state index is 12.8. The Labute approximate surface area is 153 Å². The molecule has 26 heavy (non-hydrogen) atoms. The Morgan fingerprint density at radius 2 is 1.92 bits per heavy atom. The summed E-state index contributed by atoms with van der Waals surface area (Å²) in [6, 6.07) is 6.18. The Bertz CT molecular complexity index is 752. The molecule has 1 heterocycles. The van der Waals surface area contributed by atoms with Gasteiger partial charge in [-0.15, -0.1) is 0 Å². The average molecular weight is 358 g/mol. The molecule has 0 saturated carbocycles. The van der Waals surface area contributed by atoms with Crippen molar-refractivity contribution in [2.45, 2.75) is 26.4 Å². The number of amides is 2. The Morgan fingerprint density at radius 3 is 2.42 bits per heavy atom. The molecular weight excluding hydrogens is 332 g/mol. The number of likely N-dealkylation sites (N-methyl/N-ethyl adjacent to an activating group) is 1. The van der Waals surface area contributed by atoms with Crippen molar-refractivity contribution in [2.75, 3.05) is 14.2 Å². The molecule has 2 amide bonds. The summed E-state index contributed by atoms with van der Waals surface area (Å²) in [5.41, 5.74) is 1.42. The molecule has 1 unspecified atom stereocenters. The van der Waals surface area contributed by atoms with Crippen molar-refractivity contribution >= 4 is 11.8 Å².